The van der Waals surface area contributed by atoms with Crippen molar-refractivity contribution in [3.63, 3.8) is 0 Å². The van der Waals surface area contributed by atoms with Gasteiger partial charge in [0.25, 0.3) is 0 Å². The van der Waals surface area contributed by atoms with Crippen LogP contribution in [-0.2, 0) is 6.54 Å². The van der Waals surface area contributed by atoms with Gasteiger partial charge >= 0.3 is 0 Å². The monoisotopic (exact) mass is 321 g/mol. The van der Waals surface area contributed by atoms with Crippen molar-refractivity contribution >= 4 is 15.9 Å². The van der Waals surface area contributed by atoms with Crippen LogP contribution in [0.15, 0.2) is 46.9 Å². The van der Waals surface area contributed by atoms with E-state index in [1.165, 1.54) is 17.2 Å². The molecule has 0 unspecified atom stereocenters. The topological polar surface area (TPSA) is 12.0 Å². The van der Waals surface area contributed by atoms with Crippen LogP contribution in [0.3, 0.4) is 0 Å². The average Bonchev–Trinajstić information content (AvgIpc) is 2.40. The molecule has 2 aromatic carbocycles. The van der Waals surface area contributed by atoms with Crippen LogP contribution < -0.4 is 5.32 Å². The van der Waals surface area contributed by atoms with E-state index in [0.717, 1.165) is 10.0 Å². The van der Waals surface area contributed by atoms with Gasteiger partial charge in [-0.05, 0) is 48.7 Å². The van der Waals surface area contributed by atoms with Gasteiger partial charge in [-0.1, -0.05) is 40.2 Å². The molecule has 0 radical (unpaired) electrons. The molecule has 0 amide bonds. The minimum absolute atomic E-state index is 0.205. The number of hydrogen-bond donors (Lipinski definition) is 1. The van der Waals surface area contributed by atoms with Gasteiger partial charge < -0.3 is 5.32 Å². The molecule has 0 heterocycles. The highest BCUT2D eigenvalue weighted by molar-refractivity contribution is 9.10. The SMILES string of the molecule is Cc1ccccc1[C@H](C)NCc1cc(F)ccc1Br. The van der Waals surface area contributed by atoms with Gasteiger partial charge in [-0.15, -0.1) is 0 Å². The van der Waals surface area contributed by atoms with E-state index in [1.807, 2.05) is 12.1 Å². The summed E-state index contributed by atoms with van der Waals surface area (Å²) in [7, 11) is 0. The predicted octanol–water partition coefficient (Wildman–Crippen LogP) is 4.75. The Labute approximate surface area is 122 Å². The van der Waals surface area contributed by atoms with Crippen LogP contribution in [0.4, 0.5) is 4.39 Å². The quantitative estimate of drug-likeness (QED) is 0.857. The maximum absolute atomic E-state index is 13.2. The molecule has 0 spiro atoms. The predicted molar refractivity (Wildman–Crippen MR) is 80.5 cm³/mol. The molecule has 100 valence electrons. The number of benzene rings is 2. The first kappa shape index (κ1) is 14.2. The van der Waals surface area contributed by atoms with Gasteiger partial charge in [-0.2, -0.15) is 0 Å². The lowest BCUT2D eigenvalue weighted by atomic mass is 10.0. The largest absolute Gasteiger partial charge is 0.306 e. The third-order valence-corrected chi connectivity index (χ3v) is 4.04. The van der Waals surface area contributed by atoms with Crippen molar-refractivity contribution in [1.82, 2.24) is 5.32 Å². The zero-order valence-corrected chi connectivity index (χ0v) is 12.7. The second kappa shape index (κ2) is 6.31. The number of aryl methyl sites for hydroxylation is 1. The van der Waals surface area contributed by atoms with Crippen molar-refractivity contribution in [2.24, 2.45) is 0 Å². The van der Waals surface area contributed by atoms with E-state index in [4.69, 9.17) is 0 Å². The van der Waals surface area contributed by atoms with Crippen LogP contribution in [-0.4, -0.2) is 0 Å². The van der Waals surface area contributed by atoms with Crippen LogP contribution in [0.2, 0.25) is 0 Å². The first-order valence-electron chi connectivity index (χ1n) is 6.31. The van der Waals surface area contributed by atoms with E-state index in [-0.39, 0.29) is 11.9 Å². The summed E-state index contributed by atoms with van der Waals surface area (Å²) in [5.74, 6) is -0.205. The van der Waals surface area contributed by atoms with Gasteiger partial charge in [-0.25, -0.2) is 4.39 Å². The number of nitrogens with one attached hydrogen (secondary N) is 1. The van der Waals surface area contributed by atoms with E-state index < -0.39 is 0 Å². The van der Waals surface area contributed by atoms with Crippen molar-refractivity contribution < 1.29 is 4.39 Å². The van der Waals surface area contributed by atoms with E-state index in [0.29, 0.717) is 6.54 Å². The van der Waals surface area contributed by atoms with Crippen molar-refractivity contribution in [3.8, 4) is 0 Å². The smallest absolute Gasteiger partial charge is 0.123 e. The summed E-state index contributed by atoms with van der Waals surface area (Å²) in [6.07, 6.45) is 0. The lowest BCUT2D eigenvalue weighted by Crippen LogP contribution is -2.19. The van der Waals surface area contributed by atoms with Gasteiger partial charge in [0.15, 0.2) is 0 Å². The highest BCUT2D eigenvalue weighted by atomic mass is 79.9. The fourth-order valence-electron chi connectivity index (χ4n) is 2.12. The Morgan fingerprint density at radius 1 is 1.21 bits per heavy atom. The maximum atomic E-state index is 13.2. The summed E-state index contributed by atoms with van der Waals surface area (Å²) < 4.78 is 14.1. The molecule has 1 nitrogen and oxygen atoms in total. The van der Waals surface area contributed by atoms with Crippen LogP contribution in [0, 0.1) is 12.7 Å². The molecule has 1 atom stereocenters. The Hall–Kier alpha value is -1.19. The molecule has 1 N–H and O–H groups in total. The Morgan fingerprint density at radius 3 is 2.68 bits per heavy atom. The fourth-order valence-corrected chi connectivity index (χ4v) is 2.51. The van der Waals surface area contributed by atoms with E-state index in [1.54, 1.807) is 12.1 Å². The van der Waals surface area contributed by atoms with Crippen LogP contribution in [0.25, 0.3) is 0 Å². The number of hydrogen-bond acceptors (Lipinski definition) is 1. The van der Waals surface area contributed by atoms with Gasteiger partial charge in [0.05, 0.1) is 0 Å². The molecule has 0 saturated heterocycles. The average molecular weight is 322 g/mol. The van der Waals surface area contributed by atoms with Crippen molar-refractivity contribution in [1.29, 1.82) is 0 Å². The van der Waals surface area contributed by atoms with Crippen LogP contribution in [0.5, 0.6) is 0 Å². The molecule has 0 aliphatic rings. The summed E-state index contributed by atoms with van der Waals surface area (Å²) in [5.41, 5.74) is 3.47. The highest BCUT2D eigenvalue weighted by Gasteiger charge is 2.08. The Kier molecular flexibility index (Phi) is 4.72. The minimum atomic E-state index is -0.205. The molecular weight excluding hydrogens is 305 g/mol. The first-order valence-corrected chi connectivity index (χ1v) is 7.10. The molecule has 2 aromatic rings. The second-order valence-corrected chi connectivity index (χ2v) is 5.55. The summed E-state index contributed by atoms with van der Waals surface area (Å²) in [5, 5.41) is 3.43. The molecule has 0 aliphatic heterocycles. The van der Waals surface area contributed by atoms with Gasteiger partial charge in [-0.3, -0.25) is 0 Å². The van der Waals surface area contributed by atoms with Gasteiger partial charge in [0.1, 0.15) is 5.82 Å². The van der Waals surface area contributed by atoms with Gasteiger partial charge in [0, 0.05) is 17.1 Å². The lowest BCUT2D eigenvalue weighted by Gasteiger charge is -2.17. The van der Waals surface area contributed by atoms with E-state index in [9.17, 15) is 4.39 Å². The molecule has 0 fully saturated rings. The standard InChI is InChI=1S/C16H17BrFN/c1-11-5-3-4-6-15(11)12(2)19-10-13-9-14(18)7-8-16(13)17/h3-9,12,19H,10H2,1-2H3/t12-/m0/s1. The maximum Gasteiger partial charge on any atom is 0.123 e. The molecule has 3 heteroatoms. The number of rotatable bonds is 4. The summed E-state index contributed by atoms with van der Waals surface area (Å²) in [6.45, 7) is 4.86. The Morgan fingerprint density at radius 2 is 1.95 bits per heavy atom. The number of halogens is 2. The molecular formula is C16H17BrFN. The van der Waals surface area contributed by atoms with Crippen molar-refractivity contribution in [2.45, 2.75) is 26.4 Å². The van der Waals surface area contributed by atoms with Crippen molar-refractivity contribution in [3.05, 3.63) is 69.4 Å². The zero-order chi connectivity index (χ0) is 13.8. The van der Waals surface area contributed by atoms with E-state index in [2.05, 4.69) is 47.2 Å². The lowest BCUT2D eigenvalue weighted by molar-refractivity contribution is 0.566. The first-order chi connectivity index (χ1) is 9.08. The summed E-state index contributed by atoms with van der Waals surface area (Å²) >= 11 is 3.44. The second-order valence-electron chi connectivity index (χ2n) is 4.69. The molecule has 0 saturated carbocycles. The van der Waals surface area contributed by atoms with Gasteiger partial charge in [0.2, 0.25) is 0 Å². The molecule has 0 bridgehead atoms. The third kappa shape index (κ3) is 3.64. The fraction of sp³-hybridized carbons (Fsp3) is 0.250. The van der Waals surface area contributed by atoms with E-state index >= 15 is 0 Å². The van der Waals surface area contributed by atoms with Crippen molar-refractivity contribution in [2.75, 3.05) is 0 Å². The van der Waals surface area contributed by atoms with Crippen LogP contribution >= 0.6 is 15.9 Å². The summed E-state index contributed by atoms with van der Waals surface area (Å²) in [6, 6.07) is 13.3. The Bertz CT molecular complexity index is 568. The van der Waals surface area contributed by atoms with Crippen LogP contribution in [0.1, 0.15) is 29.7 Å². The minimum Gasteiger partial charge on any atom is -0.306 e. The molecule has 0 aromatic heterocycles. The molecule has 0 aliphatic carbocycles. The molecule has 19 heavy (non-hydrogen) atoms. The molecule has 2 rings (SSSR count). The Balaban J connectivity index is 2.06. The highest BCUT2D eigenvalue weighted by Crippen LogP contribution is 2.20. The normalized spacial score (nSPS) is 12.4. The zero-order valence-electron chi connectivity index (χ0n) is 11.1. The summed E-state index contributed by atoms with van der Waals surface area (Å²) in [4.78, 5) is 0. The third-order valence-electron chi connectivity index (χ3n) is 3.26.